The van der Waals surface area contributed by atoms with E-state index in [9.17, 15) is 4.79 Å². The highest BCUT2D eigenvalue weighted by Crippen LogP contribution is 2.33. The van der Waals surface area contributed by atoms with Crippen molar-refractivity contribution in [2.24, 2.45) is 11.7 Å². The Morgan fingerprint density at radius 3 is 3.00 bits per heavy atom. The van der Waals surface area contributed by atoms with Crippen molar-refractivity contribution in [1.29, 1.82) is 0 Å². The number of fused-ring (bicyclic) bond motifs is 1. The Bertz CT molecular complexity index is 644. The summed E-state index contributed by atoms with van der Waals surface area (Å²) in [6.07, 6.45) is 2.29. The second kappa shape index (κ2) is 4.90. The van der Waals surface area contributed by atoms with Gasteiger partial charge in [0.2, 0.25) is 5.91 Å². The fourth-order valence-corrected chi connectivity index (χ4v) is 2.98. The first-order valence-corrected chi connectivity index (χ1v) is 7.03. The maximum absolute atomic E-state index is 12.1. The van der Waals surface area contributed by atoms with E-state index in [4.69, 9.17) is 5.73 Å². The van der Waals surface area contributed by atoms with E-state index >= 15 is 0 Å². The second-order valence-electron chi connectivity index (χ2n) is 4.78. The number of hydrogen-bond acceptors (Lipinski definition) is 3. The Hall–Kier alpha value is -1.46. The lowest BCUT2D eigenvalue weighted by Gasteiger charge is -2.19. The molecule has 1 aliphatic heterocycles. The van der Waals surface area contributed by atoms with Crippen LogP contribution in [0.25, 0.3) is 10.9 Å². The minimum Gasteiger partial charge on any atom is -0.330 e. The molecule has 1 aliphatic rings. The Morgan fingerprint density at radius 2 is 2.26 bits per heavy atom. The third-order valence-corrected chi connectivity index (χ3v) is 4.17. The molecule has 98 valence electrons. The fourth-order valence-electron chi connectivity index (χ4n) is 2.53. The molecule has 5 heteroatoms. The summed E-state index contributed by atoms with van der Waals surface area (Å²) in [5, 5.41) is 0.989. The summed E-state index contributed by atoms with van der Waals surface area (Å²) >= 11 is 3.49. The van der Waals surface area contributed by atoms with Crippen molar-refractivity contribution < 1.29 is 4.79 Å². The molecule has 1 aromatic carbocycles. The normalized spacial score (nSPS) is 19.4. The lowest BCUT2D eigenvalue weighted by atomic mass is 10.1. The average molecular weight is 320 g/mol. The third-order valence-electron chi connectivity index (χ3n) is 3.53. The van der Waals surface area contributed by atoms with Crippen LogP contribution in [-0.4, -0.2) is 24.0 Å². The highest BCUT2D eigenvalue weighted by Gasteiger charge is 2.30. The van der Waals surface area contributed by atoms with Crippen LogP contribution in [-0.2, 0) is 4.79 Å². The first-order chi connectivity index (χ1) is 9.20. The van der Waals surface area contributed by atoms with Crippen LogP contribution in [0.5, 0.6) is 0 Å². The summed E-state index contributed by atoms with van der Waals surface area (Å²) in [5.74, 6) is 0.394. The third kappa shape index (κ3) is 2.13. The van der Waals surface area contributed by atoms with Gasteiger partial charge in [-0.05, 0) is 52.7 Å². The molecule has 4 nitrogen and oxygen atoms in total. The van der Waals surface area contributed by atoms with E-state index in [1.807, 2.05) is 29.2 Å². The monoisotopic (exact) mass is 319 g/mol. The van der Waals surface area contributed by atoms with Crippen molar-refractivity contribution >= 4 is 38.4 Å². The molecule has 2 heterocycles. The predicted molar refractivity (Wildman–Crippen MR) is 79.0 cm³/mol. The number of benzene rings is 1. The van der Waals surface area contributed by atoms with E-state index in [1.54, 1.807) is 6.20 Å². The molecule has 0 radical (unpaired) electrons. The molecule has 0 aliphatic carbocycles. The van der Waals surface area contributed by atoms with Crippen LogP contribution >= 0.6 is 15.9 Å². The Balaban J connectivity index is 2.11. The number of rotatable bonds is 2. The van der Waals surface area contributed by atoms with Gasteiger partial charge in [-0.1, -0.05) is 0 Å². The van der Waals surface area contributed by atoms with Gasteiger partial charge < -0.3 is 10.6 Å². The van der Waals surface area contributed by atoms with Gasteiger partial charge in [-0.2, -0.15) is 0 Å². The first kappa shape index (κ1) is 12.6. The van der Waals surface area contributed by atoms with Crippen LogP contribution in [0.2, 0.25) is 0 Å². The maximum Gasteiger partial charge on any atom is 0.227 e. The van der Waals surface area contributed by atoms with Crippen molar-refractivity contribution in [1.82, 2.24) is 4.98 Å². The van der Waals surface area contributed by atoms with Gasteiger partial charge in [0.15, 0.2) is 0 Å². The van der Waals surface area contributed by atoms with E-state index in [0.29, 0.717) is 19.5 Å². The number of carbonyl (C=O) groups excluding carboxylic acids is 1. The topological polar surface area (TPSA) is 59.2 Å². The molecule has 1 aromatic heterocycles. The highest BCUT2D eigenvalue weighted by atomic mass is 79.9. The van der Waals surface area contributed by atoms with Crippen molar-refractivity contribution in [3.63, 3.8) is 0 Å². The Kier molecular flexibility index (Phi) is 3.24. The lowest BCUT2D eigenvalue weighted by Crippen LogP contribution is -2.25. The SMILES string of the molecule is NCC1CC(=O)N(c2ccc(Br)c3ncccc23)C1. The quantitative estimate of drug-likeness (QED) is 0.924. The molecule has 1 amide bonds. The summed E-state index contributed by atoms with van der Waals surface area (Å²) in [6, 6.07) is 7.78. The fraction of sp³-hybridized carbons (Fsp3) is 0.286. The largest absolute Gasteiger partial charge is 0.330 e. The van der Waals surface area contributed by atoms with Gasteiger partial charge in [0, 0.05) is 29.0 Å². The minimum absolute atomic E-state index is 0.142. The zero-order valence-electron chi connectivity index (χ0n) is 10.3. The highest BCUT2D eigenvalue weighted by molar-refractivity contribution is 9.10. The van der Waals surface area contributed by atoms with E-state index in [1.165, 1.54) is 0 Å². The molecule has 1 unspecified atom stereocenters. The Morgan fingerprint density at radius 1 is 1.42 bits per heavy atom. The van der Waals surface area contributed by atoms with Gasteiger partial charge in [0.1, 0.15) is 0 Å². The number of pyridine rings is 1. The summed E-state index contributed by atoms with van der Waals surface area (Å²) in [6.45, 7) is 1.25. The van der Waals surface area contributed by atoms with Gasteiger partial charge in [-0.3, -0.25) is 9.78 Å². The van der Waals surface area contributed by atoms with E-state index in [0.717, 1.165) is 21.1 Å². The number of nitrogens with two attached hydrogens (primary N) is 1. The second-order valence-corrected chi connectivity index (χ2v) is 5.63. The minimum atomic E-state index is 0.142. The number of halogens is 1. The molecule has 1 atom stereocenters. The van der Waals surface area contributed by atoms with Crippen LogP contribution in [0.3, 0.4) is 0 Å². The predicted octanol–water partition coefficient (Wildman–Crippen LogP) is 2.31. The number of nitrogens with zero attached hydrogens (tertiary/aromatic N) is 2. The van der Waals surface area contributed by atoms with Crippen molar-refractivity contribution in [2.45, 2.75) is 6.42 Å². The standard InChI is InChI=1S/C14H14BrN3O/c15-11-3-4-12(10-2-1-5-17-14(10)11)18-8-9(7-16)6-13(18)19/h1-5,9H,6-8,16H2. The number of carbonyl (C=O) groups is 1. The van der Waals surface area contributed by atoms with Gasteiger partial charge in [-0.25, -0.2) is 0 Å². The van der Waals surface area contributed by atoms with Crippen LogP contribution in [0.4, 0.5) is 5.69 Å². The molecule has 1 fully saturated rings. The van der Waals surface area contributed by atoms with Crippen LogP contribution in [0.1, 0.15) is 6.42 Å². The zero-order chi connectivity index (χ0) is 13.4. The van der Waals surface area contributed by atoms with Gasteiger partial charge >= 0.3 is 0 Å². The molecule has 2 N–H and O–H groups in total. The molecule has 19 heavy (non-hydrogen) atoms. The summed E-state index contributed by atoms with van der Waals surface area (Å²) in [7, 11) is 0. The van der Waals surface area contributed by atoms with Crippen LogP contribution in [0, 0.1) is 5.92 Å². The van der Waals surface area contributed by atoms with Gasteiger partial charge in [0.05, 0.1) is 11.2 Å². The van der Waals surface area contributed by atoms with Gasteiger partial charge in [0.25, 0.3) is 0 Å². The van der Waals surface area contributed by atoms with Crippen molar-refractivity contribution in [3.8, 4) is 0 Å². The number of hydrogen-bond donors (Lipinski definition) is 1. The number of aromatic nitrogens is 1. The molecule has 3 rings (SSSR count). The lowest BCUT2D eigenvalue weighted by molar-refractivity contribution is -0.117. The van der Waals surface area contributed by atoms with E-state index in [-0.39, 0.29) is 11.8 Å². The zero-order valence-corrected chi connectivity index (χ0v) is 11.9. The first-order valence-electron chi connectivity index (χ1n) is 6.24. The van der Waals surface area contributed by atoms with Crippen molar-refractivity contribution in [3.05, 3.63) is 34.9 Å². The number of amides is 1. The summed E-state index contributed by atoms with van der Waals surface area (Å²) < 4.78 is 0.939. The number of anilines is 1. The smallest absolute Gasteiger partial charge is 0.227 e. The molecule has 0 spiro atoms. The van der Waals surface area contributed by atoms with E-state index < -0.39 is 0 Å². The Labute approximate surface area is 119 Å². The molecular formula is C14H14BrN3O. The van der Waals surface area contributed by atoms with Crippen molar-refractivity contribution in [2.75, 3.05) is 18.0 Å². The molecule has 0 saturated carbocycles. The van der Waals surface area contributed by atoms with Crippen LogP contribution < -0.4 is 10.6 Å². The van der Waals surface area contributed by atoms with Gasteiger partial charge in [-0.15, -0.1) is 0 Å². The molecular weight excluding hydrogens is 306 g/mol. The summed E-state index contributed by atoms with van der Waals surface area (Å²) in [5.41, 5.74) is 7.48. The van der Waals surface area contributed by atoms with E-state index in [2.05, 4.69) is 20.9 Å². The molecule has 1 saturated heterocycles. The molecule has 0 bridgehead atoms. The summed E-state index contributed by atoms with van der Waals surface area (Å²) in [4.78, 5) is 18.3. The average Bonchev–Trinajstić information content (AvgIpc) is 2.81. The molecule has 2 aromatic rings. The van der Waals surface area contributed by atoms with Crippen LogP contribution in [0.15, 0.2) is 34.9 Å². The maximum atomic E-state index is 12.1.